The maximum atomic E-state index is 12.5. The largest absolute Gasteiger partial charge is 0.399 e. The van der Waals surface area contributed by atoms with E-state index in [2.05, 4.69) is 15.7 Å². The van der Waals surface area contributed by atoms with E-state index < -0.39 is 6.11 Å². The third-order valence-electron chi connectivity index (χ3n) is 1.15. The van der Waals surface area contributed by atoms with Gasteiger partial charge in [0, 0.05) is 12.4 Å². The van der Waals surface area contributed by atoms with Crippen molar-refractivity contribution in [3.63, 3.8) is 0 Å². The molecule has 0 radical (unpaired) electrons. The smallest absolute Gasteiger partial charge is 0.264 e. The molecule has 1 aromatic rings. The van der Waals surface area contributed by atoms with Gasteiger partial charge in [0.05, 0.1) is 5.56 Å². The number of pyridine rings is 1. The van der Waals surface area contributed by atoms with Gasteiger partial charge in [-0.05, 0) is 12.1 Å². The fraction of sp³-hybridized carbons (Fsp3) is 0.167. The van der Waals surface area contributed by atoms with Crippen LogP contribution in [0.15, 0.2) is 24.5 Å². The van der Waals surface area contributed by atoms with Gasteiger partial charge in [-0.25, -0.2) is 10.7 Å². The minimum Gasteiger partial charge on any atom is -0.264 e. The lowest BCUT2D eigenvalue weighted by molar-refractivity contribution is -0.252. The molecular formula is C6H6F2N2O. The van der Waals surface area contributed by atoms with Crippen molar-refractivity contribution in [3.8, 4) is 0 Å². The molecule has 1 rings (SSSR count). The Labute approximate surface area is 61.8 Å². The minimum absolute atomic E-state index is 0.359. The Morgan fingerprint density at radius 3 is 2.73 bits per heavy atom. The van der Waals surface area contributed by atoms with Crippen molar-refractivity contribution in [1.29, 1.82) is 0 Å². The predicted octanol–water partition coefficient (Wildman–Crippen LogP) is 1.02. The highest BCUT2D eigenvalue weighted by Gasteiger charge is 2.32. The zero-order valence-corrected chi connectivity index (χ0v) is 5.50. The van der Waals surface area contributed by atoms with Gasteiger partial charge in [0.2, 0.25) is 0 Å². The summed E-state index contributed by atoms with van der Waals surface area (Å²) in [5, 5.41) is 0. The fourth-order valence-corrected chi connectivity index (χ4v) is 0.603. The highest BCUT2D eigenvalue weighted by atomic mass is 19.3. The number of hydrogen-bond donors (Lipinski definition) is 1. The molecule has 0 saturated heterocycles. The summed E-state index contributed by atoms with van der Waals surface area (Å²) in [5.41, 5.74) is -0.359. The summed E-state index contributed by atoms with van der Waals surface area (Å²) in [7, 11) is 0. The van der Waals surface area contributed by atoms with Crippen LogP contribution in [0.5, 0.6) is 0 Å². The topological polar surface area (TPSA) is 48.1 Å². The molecule has 1 heterocycles. The summed E-state index contributed by atoms with van der Waals surface area (Å²) in [6, 6.07) is 2.56. The SMILES string of the molecule is NOC(F)(F)c1cccnc1. The van der Waals surface area contributed by atoms with E-state index in [1.54, 1.807) is 0 Å². The van der Waals surface area contributed by atoms with Crippen molar-refractivity contribution in [2.24, 2.45) is 5.90 Å². The van der Waals surface area contributed by atoms with Crippen LogP contribution in [0.2, 0.25) is 0 Å². The number of hydrogen-bond acceptors (Lipinski definition) is 3. The third-order valence-corrected chi connectivity index (χ3v) is 1.15. The van der Waals surface area contributed by atoms with Crippen LogP contribution in [-0.4, -0.2) is 4.98 Å². The van der Waals surface area contributed by atoms with Crippen LogP contribution in [0.25, 0.3) is 0 Å². The van der Waals surface area contributed by atoms with Crippen molar-refractivity contribution in [2.75, 3.05) is 0 Å². The number of nitrogens with zero attached hydrogens (tertiary/aromatic N) is 1. The summed E-state index contributed by atoms with van der Waals surface area (Å²) in [4.78, 5) is 6.93. The van der Waals surface area contributed by atoms with Crippen LogP contribution in [0, 0.1) is 0 Å². The van der Waals surface area contributed by atoms with E-state index >= 15 is 0 Å². The van der Waals surface area contributed by atoms with Gasteiger partial charge in [0.1, 0.15) is 0 Å². The Kier molecular flexibility index (Phi) is 2.11. The summed E-state index contributed by atoms with van der Waals surface area (Å²) in [5.74, 6) is 4.36. The first kappa shape index (κ1) is 8.03. The van der Waals surface area contributed by atoms with Gasteiger partial charge >= 0.3 is 6.11 Å². The maximum absolute atomic E-state index is 12.5. The van der Waals surface area contributed by atoms with E-state index in [9.17, 15) is 8.78 Å². The molecular weight excluding hydrogens is 154 g/mol. The van der Waals surface area contributed by atoms with Crippen LogP contribution in [-0.2, 0) is 10.9 Å². The molecule has 0 bridgehead atoms. The first-order valence-electron chi connectivity index (χ1n) is 2.83. The van der Waals surface area contributed by atoms with Gasteiger partial charge in [0.15, 0.2) is 0 Å². The van der Waals surface area contributed by atoms with Crippen molar-refractivity contribution in [1.82, 2.24) is 4.98 Å². The molecule has 0 spiro atoms. The normalized spacial score (nSPS) is 11.5. The van der Waals surface area contributed by atoms with Crippen molar-refractivity contribution in [2.45, 2.75) is 6.11 Å². The number of aromatic nitrogens is 1. The quantitative estimate of drug-likeness (QED) is 0.657. The molecule has 0 atom stereocenters. The highest BCUT2D eigenvalue weighted by molar-refractivity contribution is 5.12. The average Bonchev–Trinajstić information content (AvgIpc) is 2.06. The van der Waals surface area contributed by atoms with Crippen LogP contribution in [0.1, 0.15) is 5.56 Å². The van der Waals surface area contributed by atoms with E-state index in [0.717, 1.165) is 6.20 Å². The number of alkyl halides is 2. The van der Waals surface area contributed by atoms with Gasteiger partial charge in [-0.3, -0.25) is 4.98 Å². The number of rotatable bonds is 2. The van der Waals surface area contributed by atoms with Crippen molar-refractivity contribution >= 4 is 0 Å². The van der Waals surface area contributed by atoms with Gasteiger partial charge in [-0.15, -0.1) is 0 Å². The summed E-state index contributed by atoms with van der Waals surface area (Å²) in [6.45, 7) is 0. The molecule has 3 nitrogen and oxygen atoms in total. The maximum Gasteiger partial charge on any atom is 0.399 e. The third kappa shape index (κ3) is 1.69. The lowest BCUT2D eigenvalue weighted by Crippen LogP contribution is -2.22. The van der Waals surface area contributed by atoms with Gasteiger partial charge in [-0.2, -0.15) is 8.78 Å². The monoisotopic (exact) mass is 160 g/mol. The second-order valence-electron chi connectivity index (χ2n) is 1.88. The molecule has 0 amide bonds. The molecule has 0 saturated carbocycles. The predicted molar refractivity (Wildman–Crippen MR) is 33.4 cm³/mol. The Balaban J connectivity index is 2.93. The van der Waals surface area contributed by atoms with Gasteiger partial charge in [-0.1, -0.05) is 0 Å². The number of halogens is 2. The second kappa shape index (κ2) is 2.89. The Bertz CT molecular complexity index is 227. The van der Waals surface area contributed by atoms with E-state index in [0.29, 0.717) is 0 Å². The van der Waals surface area contributed by atoms with Crippen LogP contribution >= 0.6 is 0 Å². The molecule has 0 aliphatic heterocycles. The molecule has 2 N–H and O–H groups in total. The van der Waals surface area contributed by atoms with E-state index in [1.165, 1.54) is 18.3 Å². The zero-order chi connectivity index (χ0) is 8.32. The molecule has 1 aromatic heterocycles. The molecule has 0 aromatic carbocycles. The standard InChI is InChI=1S/C6H6F2N2O/c7-6(8,11-9)5-2-1-3-10-4-5/h1-4H,9H2. The molecule has 0 fully saturated rings. The average molecular weight is 160 g/mol. The first-order valence-corrected chi connectivity index (χ1v) is 2.83. The zero-order valence-electron chi connectivity index (χ0n) is 5.50. The molecule has 11 heavy (non-hydrogen) atoms. The van der Waals surface area contributed by atoms with Gasteiger partial charge in [0.25, 0.3) is 0 Å². The Hall–Kier alpha value is -1.07. The molecule has 0 aliphatic rings. The van der Waals surface area contributed by atoms with Crippen molar-refractivity contribution < 1.29 is 13.6 Å². The van der Waals surface area contributed by atoms with Gasteiger partial charge < -0.3 is 0 Å². The van der Waals surface area contributed by atoms with Crippen LogP contribution in [0.3, 0.4) is 0 Å². The molecule has 5 heteroatoms. The molecule has 60 valence electrons. The van der Waals surface area contributed by atoms with Crippen LogP contribution in [0.4, 0.5) is 8.78 Å². The lowest BCUT2D eigenvalue weighted by atomic mass is 10.3. The number of nitrogens with two attached hydrogens (primary N) is 1. The summed E-state index contributed by atoms with van der Waals surface area (Å²) < 4.78 is 25.0. The minimum atomic E-state index is -3.45. The molecule has 0 unspecified atom stereocenters. The van der Waals surface area contributed by atoms with E-state index in [-0.39, 0.29) is 5.56 Å². The first-order chi connectivity index (χ1) is 5.17. The second-order valence-corrected chi connectivity index (χ2v) is 1.88. The fourth-order valence-electron chi connectivity index (χ4n) is 0.603. The Morgan fingerprint density at radius 2 is 2.27 bits per heavy atom. The van der Waals surface area contributed by atoms with Crippen LogP contribution < -0.4 is 5.90 Å². The highest BCUT2D eigenvalue weighted by Crippen LogP contribution is 2.25. The summed E-state index contributed by atoms with van der Waals surface area (Å²) in [6.07, 6.45) is -1.07. The van der Waals surface area contributed by atoms with Crippen molar-refractivity contribution in [3.05, 3.63) is 30.1 Å². The summed E-state index contributed by atoms with van der Waals surface area (Å²) >= 11 is 0. The lowest BCUT2D eigenvalue weighted by Gasteiger charge is -2.11. The van der Waals surface area contributed by atoms with E-state index in [1.807, 2.05) is 0 Å². The van der Waals surface area contributed by atoms with E-state index in [4.69, 9.17) is 0 Å². The Morgan fingerprint density at radius 1 is 1.55 bits per heavy atom. The molecule has 0 aliphatic carbocycles.